The van der Waals surface area contributed by atoms with Crippen LogP contribution in [0.15, 0.2) is 51.7 Å². The van der Waals surface area contributed by atoms with Crippen molar-refractivity contribution in [2.75, 3.05) is 26.4 Å². The predicted octanol–water partition coefficient (Wildman–Crippen LogP) is 3.96. The van der Waals surface area contributed by atoms with Crippen LogP contribution < -0.4 is 0 Å². The van der Waals surface area contributed by atoms with Gasteiger partial charge in [0, 0.05) is 18.0 Å². The third-order valence-corrected chi connectivity index (χ3v) is 6.66. The number of ether oxygens (including phenoxy) is 3. The largest absolute Gasteiger partial charge is 0.475 e. The topological polar surface area (TPSA) is 70.0 Å². The Kier molecular flexibility index (Phi) is 5.59. The normalized spacial score (nSPS) is 26.2. The molecule has 1 unspecified atom stereocenters. The fourth-order valence-electron chi connectivity index (χ4n) is 5.00. The lowest BCUT2D eigenvalue weighted by Gasteiger charge is -2.35. The zero-order valence-corrected chi connectivity index (χ0v) is 18.1. The maximum Gasteiger partial charge on any atom is 0.256 e. The molecule has 0 N–H and O–H groups in total. The van der Waals surface area contributed by atoms with Gasteiger partial charge in [-0.05, 0) is 79.0 Å². The van der Waals surface area contributed by atoms with E-state index in [1.54, 1.807) is 0 Å². The Morgan fingerprint density at radius 1 is 1.10 bits per heavy atom. The van der Waals surface area contributed by atoms with Crippen molar-refractivity contribution in [3.8, 4) is 0 Å². The van der Waals surface area contributed by atoms with Crippen molar-refractivity contribution >= 4 is 17.4 Å². The second-order valence-corrected chi connectivity index (χ2v) is 8.61. The van der Waals surface area contributed by atoms with Crippen molar-refractivity contribution < 1.29 is 19.0 Å². The molecule has 0 saturated carbocycles. The monoisotopic (exact) mass is 420 g/mol. The number of hydrogen-bond donors (Lipinski definition) is 0. The Balaban J connectivity index is 1.41. The summed E-state index contributed by atoms with van der Waals surface area (Å²) in [5, 5.41) is 0. The SMILES string of the molecule is CC1=C(c2ccc(C)nc2)CCC2=C1CC[C@@H]1C(=O)N=C(OCC3COCCO3)C=C21. The van der Waals surface area contributed by atoms with E-state index in [-0.39, 0.29) is 17.9 Å². The van der Waals surface area contributed by atoms with Gasteiger partial charge in [0.1, 0.15) is 12.7 Å². The maximum atomic E-state index is 12.8. The summed E-state index contributed by atoms with van der Waals surface area (Å²) in [4.78, 5) is 21.5. The van der Waals surface area contributed by atoms with E-state index >= 15 is 0 Å². The van der Waals surface area contributed by atoms with E-state index in [0.29, 0.717) is 32.3 Å². The molecule has 31 heavy (non-hydrogen) atoms. The zero-order valence-electron chi connectivity index (χ0n) is 18.1. The van der Waals surface area contributed by atoms with Crippen LogP contribution in [0.1, 0.15) is 43.9 Å². The Morgan fingerprint density at radius 2 is 1.97 bits per heavy atom. The summed E-state index contributed by atoms with van der Waals surface area (Å²) in [5.41, 5.74) is 8.70. The molecule has 6 heteroatoms. The Morgan fingerprint density at radius 3 is 2.74 bits per heavy atom. The van der Waals surface area contributed by atoms with Crippen molar-refractivity contribution in [2.45, 2.75) is 45.6 Å². The molecule has 2 aliphatic carbocycles. The van der Waals surface area contributed by atoms with Gasteiger partial charge >= 0.3 is 0 Å². The van der Waals surface area contributed by atoms with E-state index in [1.807, 2.05) is 19.2 Å². The zero-order chi connectivity index (χ0) is 21.4. The van der Waals surface area contributed by atoms with Gasteiger partial charge in [0.15, 0.2) is 0 Å². The van der Waals surface area contributed by atoms with E-state index in [2.05, 4.69) is 29.0 Å². The van der Waals surface area contributed by atoms with Crippen LogP contribution in [-0.2, 0) is 19.0 Å². The molecule has 4 aliphatic rings. The standard InChI is InChI=1S/C25H28N2O4/c1-15-3-4-17(12-26-15)19-5-7-21-20(16(19)2)6-8-22-23(21)11-24(27-25(22)28)31-14-18-13-29-9-10-30-18/h3-4,11-12,18,22H,5-10,13-14H2,1-2H3/t18?,22-/m0/s1. The molecule has 2 aliphatic heterocycles. The lowest BCUT2D eigenvalue weighted by atomic mass is 9.70. The van der Waals surface area contributed by atoms with Crippen molar-refractivity contribution in [1.29, 1.82) is 0 Å². The second kappa shape index (κ2) is 8.52. The van der Waals surface area contributed by atoms with Crippen LogP contribution in [0.25, 0.3) is 5.57 Å². The first kappa shape index (κ1) is 20.3. The maximum absolute atomic E-state index is 12.8. The third-order valence-electron chi connectivity index (χ3n) is 6.66. The number of allylic oxidation sites excluding steroid dienone is 4. The molecule has 0 radical (unpaired) electrons. The highest BCUT2D eigenvalue weighted by Gasteiger charge is 2.36. The molecule has 0 bridgehead atoms. The number of carbonyl (C=O) groups excluding carboxylic acids is 1. The first-order valence-electron chi connectivity index (χ1n) is 11.1. The van der Waals surface area contributed by atoms with Gasteiger partial charge in [0.2, 0.25) is 5.90 Å². The molecule has 5 rings (SSSR count). The van der Waals surface area contributed by atoms with Crippen molar-refractivity contribution in [3.05, 3.63) is 58.0 Å². The van der Waals surface area contributed by atoms with Crippen LogP contribution >= 0.6 is 0 Å². The highest BCUT2D eigenvalue weighted by Crippen LogP contribution is 2.47. The fourth-order valence-corrected chi connectivity index (χ4v) is 5.00. The van der Waals surface area contributed by atoms with Gasteiger partial charge in [-0.1, -0.05) is 6.07 Å². The summed E-state index contributed by atoms with van der Waals surface area (Å²) in [7, 11) is 0. The first-order chi connectivity index (χ1) is 15.1. The quantitative estimate of drug-likeness (QED) is 0.740. The van der Waals surface area contributed by atoms with Crippen LogP contribution in [0.4, 0.5) is 0 Å². The molecule has 1 amide bonds. The number of rotatable bonds is 3. The molecule has 0 aromatic carbocycles. The van der Waals surface area contributed by atoms with Gasteiger partial charge in [-0.2, -0.15) is 4.99 Å². The van der Waals surface area contributed by atoms with Crippen LogP contribution in [0.2, 0.25) is 0 Å². The molecular weight excluding hydrogens is 392 g/mol. The number of aliphatic imine (C=N–C) groups is 1. The average Bonchev–Trinajstić information content (AvgIpc) is 2.79. The van der Waals surface area contributed by atoms with Gasteiger partial charge < -0.3 is 14.2 Å². The Hall–Kier alpha value is -2.57. The van der Waals surface area contributed by atoms with Crippen LogP contribution in [0.5, 0.6) is 0 Å². The second-order valence-electron chi connectivity index (χ2n) is 8.61. The minimum atomic E-state index is -0.143. The molecule has 2 atom stereocenters. The van der Waals surface area contributed by atoms with E-state index in [9.17, 15) is 4.79 Å². The average molecular weight is 421 g/mol. The number of fused-ring (bicyclic) bond motifs is 2. The lowest BCUT2D eigenvalue weighted by Crippen LogP contribution is -2.34. The van der Waals surface area contributed by atoms with Crippen molar-refractivity contribution in [3.63, 3.8) is 0 Å². The minimum Gasteiger partial charge on any atom is -0.475 e. The molecule has 1 aromatic rings. The summed E-state index contributed by atoms with van der Waals surface area (Å²) in [5.74, 6) is 0.167. The van der Waals surface area contributed by atoms with Crippen molar-refractivity contribution in [2.24, 2.45) is 10.9 Å². The summed E-state index contributed by atoms with van der Waals surface area (Å²) >= 11 is 0. The van der Waals surface area contributed by atoms with Crippen molar-refractivity contribution in [1.82, 2.24) is 4.98 Å². The van der Waals surface area contributed by atoms with Gasteiger partial charge in [-0.25, -0.2) is 0 Å². The number of aryl methyl sites for hydroxylation is 1. The molecule has 1 aromatic heterocycles. The summed E-state index contributed by atoms with van der Waals surface area (Å²) in [6.07, 6.45) is 7.44. The van der Waals surface area contributed by atoms with E-state index in [1.165, 1.54) is 27.9 Å². The molecule has 1 saturated heterocycles. The van der Waals surface area contributed by atoms with Crippen LogP contribution in [0.3, 0.4) is 0 Å². The van der Waals surface area contributed by atoms with Crippen LogP contribution in [0, 0.1) is 12.8 Å². The molecule has 1 fully saturated rings. The number of carbonyl (C=O) groups is 1. The first-order valence-corrected chi connectivity index (χ1v) is 11.1. The van der Waals surface area contributed by atoms with E-state index in [4.69, 9.17) is 14.2 Å². The summed E-state index contributed by atoms with van der Waals surface area (Å²) in [6.45, 7) is 6.26. The number of pyridine rings is 1. The Bertz CT molecular complexity index is 1010. The number of amides is 1. The molecule has 162 valence electrons. The molecule has 6 nitrogen and oxygen atoms in total. The van der Waals surface area contributed by atoms with Crippen LogP contribution in [-0.4, -0.2) is 49.3 Å². The number of nitrogens with zero attached hydrogens (tertiary/aromatic N) is 2. The summed E-state index contributed by atoms with van der Waals surface area (Å²) < 4.78 is 16.9. The number of hydrogen-bond acceptors (Lipinski definition) is 5. The molecular formula is C25H28N2O4. The van der Waals surface area contributed by atoms with E-state index < -0.39 is 0 Å². The third kappa shape index (κ3) is 4.02. The highest BCUT2D eigenvalue weighted by atomic mass is 16.6. The van der Waals surface area contributed by atoms with Gasteiger partial charge in [-0.3, -0.25) is 9.78 Å². The fraction of sp³-hybridized carbons (Fsp3) is 0.480. The van der Waals surface area contributed by atoms with Gasteiger partial charge in [0.25, 0.3) is 5.91 Å². The smallest absolute Gasteiger partial charge is 0.256 e. The number of aromatic nitrogens is 1. The summed E-state index contributed by atoms with van der Waals surface area (Å²) in [6, 6.07) is 4.23. The predicted molar refractivity (Wildman–Crippen MR) is 118 cm³/mol. The Labute approximate surface area is 182 Å². The minimum absolute atomic E-state index is 0.0879. The number of dihydropyridines is 1. The van der Waals surface area contributed by atoms with Gasteiger partial charge in [-0.15, -0.1) is 0 Å². The van der Waals surface area contributed by atoms with E-state index in [0.717, 1.165) is 37.0 Å². The van der Waals surface area contributed by atoms with Gasteiger partial charge in [0.05, 0.1) is 25.7 Å². The lowest BCUT2D eigenvalue weighted by molar-refractivity contribution is -0.121. The molecule has 3 heterocycles. The molecule has 0 spiro atoms. The highest BCUT2D eigenvalue weighted by molar-refractivity contribution is 6.04.